The van der Waals surface area contributed by atoms with E-state index in [2.05, 4.69) is 4.98 Å². The van der Waals surface area contributed by atoms with Gasteiger partial charge in [-0.25, -0.2) is 4.98 Å². The zero-order chi connectivity index (χ0) is 11.5. The number of phenolic OH excluding ortho intramolecular Hbond substituents is 1. The Hall–Kier alpha value is -1.55. The zero-order valence-corrected chi connectivity index (χ0v) is 10.0. The first-order valence-corrected chi connectivity index (χ1v) is 5.97. The maximum Gasteiger partial charge on any atom is 0.161 e. The van der Waals surface area contributed by atoms with Crippen LogP contribution in [0.15, 0.2) is 23.6 Å². The summed E-state index contributed by atoms with van der Waals surface area (Å²) < 4.78 is 5.33. The third-order valence-corrected chi connectivity index (χ3v) is 3.13. The van der Waals surface area contributed by atoms with Crippen molar-refractivity contribution < 1.29 is 9.84 Å². The molecule has 2 aromatic rings. The van der Waals surface area contributed by atoms with E-state index in [1.807, 2.05) is 31.4 Å². The molecule has 84 valence electrons. The van der Waals surface area contributed by atoms with Crippen molar-refractivity contribution in [2.45, 2.75) is 13.8 Å². The van der Waals surface area contributed by atoms with E-state index < -0.39 is 0 Å². The van der Waals surface area contributed by atoms with Crippen LogP contribution in [0.3, 0.4) is 0 Å². The van der Waals surface area contributed by atoms with E-state index in [1.165, 1.54) is 0 Å². The lowest BCUT2D eigenvalue weighted by molar-refractivity contribution is 0.318. The molecule has 1 N–H and O–H groups in total. The molecule has 0 radical (unpaired) electrons. The second kappa shape index (κ2) is 4.53. The van der Waals surface area contributed by atoms with Crippen LogP contribution in [0, 0.1) is 6.92 Å². The summed E-state index contributed by atoms with van der Waals surface area (Å²) >= 11 is 1.59. The monoisotopic (exact) mass is 235 g/mol. The van der Waals surface area contributed by atoms with Crippen molar-refractivity contribution in [2.24, 2.45) is 0 Å². The fourth-order valence-electron chi connectivity index (χ4n) is 1.40. The molecular weight excluding hydrogens is 222 g/mol. The number of benzene rings is 1. The molecule has 0 fully saturated rings. The molecule has 0 aliphatic heterocycles. The number of aryl methyl sites for hydroxylation is 1. The predicted molar refractivity (Wildman–Crippen MR) is 65.1 cm³/mol. The van der Waals surface area contributed by atoms with Crippen LogP contribution >= 0.6 is 11.3 Å². The smallest absolute Gasteiger partial charge is 0.161 e. The number of phenols is 1. The number of ether oxygens (including phenoxy) is 1. The van der Waals surface area contributed by atoms with Crippen LogP contribution in [0.2, 0.25) is 0 Å². The highest BCUT2D eigenvalue weighted by atomic mass is 32.1. The van der Waals surface area contributed by atoms with Crippen molar-refractivity contribution in [3.05, 3.63) is 29.3 Å². The number of aromatic hydroxyl groups is 1. The van der Waals surface area contributed by atoms with E-state index in [-0.39, 0.29) is 5.75 Å². The van der Waals surface area contributed by atoms with Gasteiger partial charge in [0, 0.05) is 16.6 Å². The molecule has 0 amide bonds. The summed E-state index contributed by atoms with van der Waals surface area (Å²) in [4.78, 5) is 4.39. The average Bonchev–Trinajstić information content (AvgIpc) is 2.69. The van der Waals surface area contributed by atoms with Crippen molar-refractivity contribution >= 4 is 11.3 Å². The second-order valence-corrected chi connectivity index (χ2v) is 4.27. The third kappa shape index (κ3) is 2.17. The maximum atomic E-state index is 9.58. The van der Waals surface area contributed by atoms with E-state index in [4.69, 9.17) is 4.74 Å². The molecule has 4 heteroatoms. The van der Waals surface area contributed by atoms with E-state index in [0.29, 0.717) is 12.4 Å². The number of thiazole rings is 1. The van der Waals surface area contributed by atoms with E-state index in [9.17, 15) is 5.11 Å². The van der Waals surface area contributed by atoms with Gasteiger partial charge in [0.15, 0.2) is 11.5 Å². The first kappa shape index (κ1) is 11.0. The van der Waals surface area contributed by atoms with Gasteiger partial charge in [0.2, 0.25) is 0 Å². The molecule has 0 saturated heterocycles. The Kier molecular flexibility index (Phi) is 3.10. The van der Waals surface area contributed by atoms with Crippen LogP contribution in [0.25, 0.3) is 10.6 Å². The highest BCUT2D eigenvalue weighted by molar-refractivity contribution is 7.13. The summed E-state index contributed by atoms with van der Waals surface area (Å²) in [5, 5.41) is 12.5. The van der Waals surface area contributed by atoms with Gasteiger partial charge in [0.1, 0.15) is 5.01 Å². The Morgan fingerprint density at radius 1 is 1.44 bits per heavy atom. The van der Waals surface area contributed by atoms with Gasteiger partial charge in [-0.1, -0.05) is 0 Å². The number of hydrogen-bond donors (Lipinski definition) is 1. The van der Waals surface area contributed by atoms with Gasteiger partial charge in [-0.15, -0.1) is 11.3 Å². The third-order valence-electron chi connectivity index (χ3n) is 2.13. The molecule has 2 rings (SSSR count). The summed E-state index contributed by atoms with van der Waals surface area (Å²) in [6, 6.07) is 5.30. The molecule has 0 spiro atoms. The lowest BCUT2D eigenvalue weighted by Crippen LogP contribution is -1.92. The summed E-state index contributed by atoms with van der Waals surface area (Å²) in [5.41, 5.74) is 1.98. The van der Waals surface area contributed by atoms with Gasteiger partial charge in [0.25, 0.3) is 0 Å². The van der Waals surface area contributed by atoms with Crippen LogP contribution in [0.5, 0.6) is 11.5 Å². The molecule has 1 aromatic carbocycles. The Balaban J connectivity index is 2.39. The van der Waals surface area contributed by atoms with Crippen LogP contribution in [0.4, 0.5) is 0 Å². The van der Waals surface area contributed by atoms with E-state index in [1.54, 1.807) is 17.4 Å². The molecule has 0 saturated carbocycles. The quantitative estimate of drug-likeness (QED) is 0.888. The van der Waals surface area contributed by atoms with E-state index >= 15 is 0 Å². The Morgan fingerprint density at radius 3 is 2.88 bits per heavy atom. The highest BCUT2D eigenvalue weighted by Crippen LogP contribution is 2.32. The fourth-order valence-corrected chi connectivity index (χ4v) is 2.20. The zero-order valence-electron chi connectivity index (χ0n) is 9.23. The van der Waals surface area contributed by atoms with Crippen LogP contribution < -0.4 is 4.74 Å². The Bertz CT molecular complexity index is 494. The fraction of sp³-hybridized carbons (Fsp3) is 0.250. The molecule has 0 aliphatic carbocycles. The largest absolute Gasteiger partial charge is 0.504 e. The first-order chi connectivity index (χ1) is 7.70. The molecule has 1 aromatic heterocycles. The summed E-state index contributed by atoms with van der Waals surface area (Å²) in [7, 11) is 0. The molecular formula is C12H13NO2S. The topological polar surface area (TPSA) is 42.4 Å². The average molecular weight is 235 g/mol. The molecule has 0 atom stereocenters. The number of nitrogens with zero attached hydrogens (tertiary/aromatic N) is 1. The highest BCUT2D eigenvalue weighted by Gasteiger charge is 2.07. The van der Waals surface area contributed by atoms with Gasteiger partial charge >= 0.3 is 0 Å². The number of rotatable bonds is 3. The number of aromatic nitrogens is 1. The summed E-state index contributed by atoms with van der Waals surface area (Å²) in [6.45, 7) is 4.39. The SMILES string of the molecule is CCOc1cc(-c2nc(C)cs2)ccc1O. The van der Waals surface area contributed by atoms with Crippen LogP contribution in [-0.2, 0) is 0 Å². The van der Waals surface area contributed by atoms with Crippen molar-refractivity contribution in [1.82, 2.24) is 4.98 Å². The first-order valence-electron chi connectivity index (χ1n) is 5.09. The van der Waals surface area contributed by atoms with Crippen molar-refractivity contribution in [1.29, 1.82) is 0 Å². The van der Waals surface area contributed by atoms with Gasteiger partial charge < -0.3 is 9.84 Å². The van der Waals surface area contributed by atoms with Crippen LogP contribution in [0.1, 0.15) is 12.6 Å². The normalized spacial score (nSPS) is 10.4. The Morgan fingerprint density at radius 2 is 2.25 bits per heavy atom. The van der Waals surface area contributed by atoms with Crippen molar-refractivity contribution in [2.75, 3.05) is 6.61 Å². The molecule has 3 nitrogen and oxygen atoms in total. The lowest BCUT2D eigenvalue weighted by Gasteiger charge is -2.06. The molecule has 16 heavy (non-hydrogen) atoms. The lowest BCUT2D eigenvalue weighted by atomic mass is 10.2. The molecule has 0 bridgehead atoms. The predicted octanol–water partition coefficient (Wildman–Crippen LogP) is 3.22. The van der Waals surface area contributed by atoms with Gasteiger partial charge in [0.05, 0.1) is 6.61 Å². The summed E-state index contributed by atoms with van der Waals surface area (Å²) in [6.07, 6.45) is 0. The van der Waals surface area contributed by atoms with Crippen LogP contribution in [-0.4, -0.2) is 16.7 Å². The molecule has 1 heterocycles. The Labute approximate surface area is 98.4 Å². The molecule has 0 unspecified atom stereocenters. The minimum atomic E-state index is 0.166. The minimum Gasteiger partial charge on any atom is -0.504 e. The van der Waals surface area contributed by atoms with E-state index in [0.717, 1.165) is 16.3 Å². The second-order valence-electron chi connectivity index (χ2n) is 3.41. The van der Waals surface area contributed by atoms with Crippen molar-refractivity contribution in [3.8, 4) is 22.1 Å². The molecule has 0 aliphatic rings. The van der Waals surface area contributed by atoms with Gasteiger partial charge in [-0.3, -0.25) is 0 Å². The number of hydrogen-bond acceptors (Lipinski definition) is 4. The standard InChI is InChI=1S/C12H13NO2S/c1-3-15-11-6-9(4-5-10(11)14)12-13-8(2)7-16-12/h4-7,14H,3H2,1-2H3. The maximum absolute atomic E-state index is 9.58. The van der Waals surface area contributed by atoms with Crippen molar-refractivity contribution in [3.63, 3.8) is 0 Å². The minimum absolute atomic E-state index is 0.166. The van der Waals surface area contributed by atoms with Gasteiger partial charge in [-0.2, -0.15) is 0 Å². The summed E-state index contributed by atoms with van der Waals surface area (Å²) in [5.74, 6) is 0.673. The van der Waals surface area contributed by atoms with Gasteiger partial charge in [-0.05, 0) is 32.0 Å².